The van der Waals surface area contributed by atoms with Crippen molar-refractivity contribution in [2.45, 2.75) is 32.1 Å². The lowest BCUT2D eigenvalue weighted by Gasteiger charge is -2.22. The lowest BCUT2D eigenvalue weighted by atomic mass is 9.90. The molecule has 1 aromatic carbocycles. The fourth-order valence-electron chi connectivity index (χ4n) is 2.15. The smallest absolute Gasteiger partial charge is 0.134 e. The first-order chi connectivity index (χ1) is 7.75. The zero-order valence-electron chi connectivity index (χ0n) is 9.22. The molecule has 3 heteroatoms. The van der Waals surface area contributed by atoms with Crippen molar-refractivity contribution in [3.63, 3.8) is 0 Å². The van der Waals surface area contributed by atoms with E-state index in [1.54, 1.807) is 0 Å². The van der Waals surface area contributed by atoms with Crippen LogP contribution in [0.1, 0.15) is 32.1 Å². The fourth-order valence-corrected chi connectivity index (χ4v) is 2.80. The number of hydrogen-bond donors (Lipinski definition) is 0. The SMILES string of the molecule is Clc1ccc(I)c(OCC2CCCCC2)c1. The van der Waals surface area contributed by atoms with E-state index in [2.05, 4.69) is 22.6 Å². The molecule has 0 aliphatic heterocycles. The zero-order chi connectivity index (χ0) is 11.4. The molecule has 1 aliphatic rings. The molecule has 0 spiro atoms. The average Bonchev–Trinajstić information content (AvgIpc) is 2.32. The van der Waals surface area contributed by atoms with Gasteiger partial charge in [0.1, 0.15) is 5.75 Å². The van der Waals surface area contributed by atoms with Crippen LogP contribution >= 0.6 is 34.2 Å². The van der Waals surface area contributed by atoms with Gasteiger partial charge in [0, 0.05) is 5.02 Å². The van der Waals surface area contributed by atoms with Gasteiger partial charge in [0.2, 0.25) is 0 Å². The number of halogens is 2. The van der Waals surface area contributed by atoms with Gasteiger partial charge in [-0.3, -0.25) is 0 Å². The van der Waals surface area contributed by atoms with Gasteiger partial charge in [-0.15, -0.1) is 0 Å². The molecule has 0 aromatic heterocycles. The summed E-state index contributed by atoms with van der Waals surface area (Å²) < 4.78 is 7.00. The zero-order valence-corrected chi connectivity index (χ0v) is 12.1. The van der Waals surface area contributed by atoms with Gasteiger partial charge in [-0.25, -0.2) is 0 Å². The molecule has 16 heavy (non-hydrogen) atoms. The first-order valence-corrected chi connectivity index (χ1v) is 7.29. The summed E-state index contributed by atoms with van der Waals surface area (Å²) in [5.74, 6) is 1.67. The Morgan fingerprint density at radius 2 is 2.00 bits per heavy atom. The molecule has 2 rings (SSSR count). The van der Waals surface area contributed by atoms with E-state index in [1.165, 1.54) is 32.1 Å². The van der Waals surface area contributed by atoms with Crippen LogP contribution in [0.2, 0.25) is 5.02 Å². The Labute approximate surface area is 116 Å². The normalized spacial score (nSPS) is 17.4. The number of benzene rings is 1. The largest absolute Gasteiger partial charge is 0.492 e. The Balaban J connectivity index is 1.90. The van der Waals surface area contributed by atoms with Gasteiger partial charge >= 0.3 is 0 Å². The lowest BCUT2D eigenvalue weighted by Crippen LogP contribution is -2.15. The van der Waals surface area contributed by atoms with Crippen LogP contribution in [0.3, 0.4) is 0 Å². The van der Waals surface area contributed by atoms with Gasteiger partial charge < -0.3 is 4.74 Å². The van der Waals surface area contributed by atoms with Crippen molar-refractivity contribution in [2.75, 3.05) is 6.61 Å². The highest BCUT2D eigenvalue weighted by atomic mass is 127. The summed E-state index contributed by atoms with van der Waals surface area (Å²) in [4.78, 5) is 0. The van der Waals surface area contributed by atoms with Crippen molar-refractivity contribution in [3.05, 3.63) is 26.8 Å². The van der Waals surface area contributed by atoms with E-state index in [4.69, 9.17) is 16.3 Å². The molecule has 0 bridgehead atoms. The Morgan fingerprint density at radius 3 is 2.75 bits per heavy atom. The Bertz CT molecular complexity index is 348. The molecule has 0 heterocycles. The van der Waals surface area contributed by atoms with E-state index >= 15 is 0 Å². The molecule has 1 fully saturated rings. The average molecular weight is 351 g/mol. The molecule has 0 radical (unpaired) electrons. The van der Waals surface area contributed by atoms with Gasteiger partial charge in [-0.1, -0.05) is 30.9 Å². The molecule has 0 atom stereocenters. The summed E-state index contributed by atoms with van der Waals surface area (Å²) in [6.45, 7) is 0.844. The van der Waals surface area contributed by atoms with E-state index in [9.17, 15) is 0 Å². The lowest BCUT2D eigenvalue weighted by molar-refractivity contribution is 0.208. The second-order valence-electron chi connectivity index (χ2n) is 4.39. The summed E-state index contributed by atoms with van der Waals surface area (Å²) >= 11 is 8.24. The predicted molar refractivity (Wildman–Crippen MR) is 76.2 cm³/mol. The molecule has 0 N–H and O–H groups in total. The fraction of sp³-hybridized carbons (Fsp3) is 0.538. The van der Waals surface area contributed by atoms with E-state index in [-0.39, 0.29) is 0 Å². The Morgan fingerprint density at radius 1 is 1.25 bits per heavy atom. The Kier molecular flexibility index (Phi) is 4.77. The third-order valence-corrected chi connectivity index (χ3v) is 4.22. The van der Waals surface area contributed by atoms with Crippen LogP contribution in [0.4, 0.5) is 0 Å². The third kappa shape index (κ3) is 3.52. The van der Waals surface area contributed by atoms with E-state index in [1.807, 2.05) is 18.2 Å². The monoisotopic (exact) mass is 350 g/mol. The highest BCUT2D eigenvalue weighted by Gasteiger charge is 2.14. The molecule has 1 aliphatic carbocycles. The van der Waals surface area contributed by atoms with Crippen LogP contribution in [-0.4, -0.2) is 6.61 Å². The maximum atomic E-state index is 5.96. The van der Waals surface area contributed by atoms with Crippen molar-refractivity contribution >= 4 is 34.2 Å². The minimum Gasteiger partial charge on any atom is -0.492 e. The van der Waals surface area contributed by atoms with Crippen LogP contribution in [0.15, 0.2) is 18.2 Å². The maximum absolute atomic E-state index is 5.96. The van der Waals surface area contributed by atoms with Crippen LogP contribution in [0.5, 0.6) is 5.75 Å². The van der Waals surface area contributed by atoms with Crippen molar-refractivity contribution in [3.8, 4) is 5.75 Å². The van der Waals surface area contributed by atoms with Gasteiger partial charge in [0.15, 0.2) is 0 Å². The van der Waals surface area contributed by atoms with Crippen molar-refractivity contribution in [2.24, 2.45) is 5.92 Å². The minimum absolute atomic E-state index is 0.739. The van der Waals surface area contributed by atoms with Crippen molar-refractivity contribution in [1.29, 1.82) is 0 Å². The molecule has 0 unspecified atom stereocenters. The summed E-state index contributed by atoms with van der Waals surface area (Å²) in [5, 5.41) is 0.749. The van der Waals surface area contributed by atoms with Crippen LogP contribution in [0, 0.1) is 9.49 Å². The van der Waals surface area contributed by atoms with Crippen LogP contribution < -0.4 is 4.74 Å². The van der Waals surface area contributed by atoms with Gasteiger partial charge in [-0.2, -0.15) is 0 Å². The third-order valence-electron chi connectivity index (χ3n) is 3.09. The molecule has 1 aromatic rings. The molecule has 88 valence electrons. The van der Waals surface area contributed by atoms with E-state index < -0.39 is 0 Å². The molecule has 0 amide bonds. The molecular weight excluding hydrogens is 334 g/mol. The van der Waals surface area contributed by atoms with Gasteiger partial charge in [0.25, 0.3) is 0 Å². The summed E-state index contributed by atoms with van der Waals surface area (Å²) in [7, 11) is 0. The highest BCUT2D eigenvalue weighted by molar-refractivity contribution is 14.1. The standard InChI is InChI=1S/C13H16ClIO/c14-11-6-7-12(15)13(8-11)16-9-10-4-2-1-3-5-10/h6-8,10H,1-5,9H2. The summed E-state index contributed by atoms with van der Waals surface area (Å²) in [6.07, 6.45) is 6.75. The van der Waals surface area contributed by atoms with E-state index in [0.29, 0.717) is 0 Å². The number of hydrogen-bond acceptors (Lipinski definition) is 1. The van der Waals surface area contributed by atoms with Gasteiger partial charge in [0.05, 0.1) is 10.2 Å². The highest BCUT2D eigenvalue weighted by Crippen LogP contribution is 2.28. The van der Waals surface area contributed by atoms with Crippen molar-refractivity contribution in [1.82, 2.24) is 0 Å². The van der Waals surface area contributed by atoms with Crippen LogP contribution in [-0.2, 0) is 0 Å². The Hall–Kier alpha value is 0.0400. The maximum Gasteiger partial charge on any atom is 0.134 e. The topological polar surface area (TPSA) is 9.23 Å². The van der Waals surface area contributed by atoms with Crippen molar-refractivity contribution < 1.29 is 4.74 Å². The van der Waals surface area contributed by atoms with Crippen LogP contribution in [0.25, 0.3) is 0 Å². The van der Waals surface area contributed by atoms with Gasteiger partial charge in [-0.05, 0) is 59.5 Å². The summed E-state index contributed by atoms with van der Waals surface area (Å²) in [5.41, 5.74) is 0. The minimum atomic E-state index is 0.739. The second kappa shape index (κ2) is 6.10. The molecule has 1 nitrogen and oxygen atoms in total. The first-order valence-electron chi connectivity index (χ1n) is 5.83. The molecular formula is C13H16ClIO. The predicted octanol–water partition coefficient (Wildman–Crippen LogP) is 4.90. The molecule has 1 saturated carbocycles. The second-order valence-corrected chi connectivity index (χ2v) is 5.99. The summed E-state index contributed by atoms with van der Waals surface area (Å²) in [6, 6.07) is 5.81. The first kappa shape index (κ1) is 12.5. The number of ether oxygens (including phenoxy) is 1. The van der Waals surface area contributed by atoms with E-state index in [0.717, 1.165) is 26.9 Å². The number of rotatable bonds is 3. The molecule has 0 saturated heterocycles. The quantitative estimate of drug-likeness (QED) is 0.704.